The Kier molecular flexibility index (Phi) is 32.6. The third-order valence-electron chi connectivity index (χ3n) is 8.00. The first-order chi connectivity index (χ1) is 21.7. The molecule has 0 amide bonds. The molecule has 0 aromatic carbocycles. The van der Waals surface area contributed by atoms with Gasteiger partial charge < -0.3 is 9.90 Å². The lowest BCUT2D eigenvalue weighted by atomic mass is 9.85. The van der Waals surface area contributed by atoms with Crippen molar-refractivity contribution in [3.8, 4) is 0 Å². The van der Waals surface area contributed by atoms with E-state index in [9.17, 15) is 9.59 Å². The molecule has 0 saturated heterocycles. The van der Waals surface area contributed by atoms with Crippen LogP contribution in [0.3, 0.4) is 0 Å². The van der Waals surface area contributed by atoms with Gasteiger partial charge in [-0.2, -0.15) is 0 Å². The minimum Gasteiger partial charge on any atom is -0.481 e. The van der Waals surface area contributed by atoms with Gasteiger partial charge in [0.05, 0.1) is 0 Å². The van der Waals surface area contributed by atoms with Crippen LogP contribution in [0.15, 0.2) is 60.8 Å². The van der Waals surface area contributed by atoms with Gasteiger partial charge in [0.15, 0.2) is 0 Å². The van der Waals surface area contributed by atoms with Gasteiger partial charge in [-0.3, -0.25) is 4.79 Å². The predicted molar refractivity (Wildman–Crippen MR) is 211 cm³/mol. The quantitative estimate of drug-likeness (QED) is 0.0707. The smallest absolute Gasteiger partial charge is 0.303 e. The second-order valence-corrected chi connectivity index (χ2v) is 15.0. The van der Waals surface area contributed by atoms with Gasteiger partial charge in [0, 0.05) is 29.1 Å². The van der Waals surface area contributed by atoms with Gasteiger partial charge in [0.1, 0.15) is 5.78 Å². The first-order valence-electron chi connectivity index (χ1n) is 18.8. The lowest BCUT2D eigenvalue weighted by Crippen LogP contribution is -2.07. The number of Topliss-reactive ketones (excluding diaryl/α,β-unsaturated/α-hetero) is 1. The SMILES string of the molecule is C.CC/C=C\C(C)(C)/C=C\C(C)(C)/C=C\CCCCCCCC(C)=O.CCCCC/C=C\C(C)(C)/C=C\CCCCCCCC(=O)O. The second kappa shape index (κ2) is 31.1. The Morgan fingerprint density at radius 1 is 0.489 bits per heavy atom. The Bertz CT molecular complexity index is 895. The highest BCUT2D eigenvalue weighted by Gasteiger charge is 2.13. The van der Waals surface area contributed by atoms with Crippen molar-refractivity contribution < 1.29 is 14.7 Å². The molecule has 0 spiro atoms. The van der Waals surface area contributed by atoms with Crippen molar-refractivity contribution in [3.63, 3.8) is 0 Å². The van der Waals surface area contributed by atoms with Gasteiger partial charge in [-0.1, -0.05) is 175 Å². The highest BCUT2D eigenvalue weighted by molar-refractivity contribution is 5.75. The minimum atomic E-state index is -0.673. The number of unbranched alkanes of at least 4 members (excludes halogenated alkanes) is 13. The molecule has 47 heavy (non-hydrogen) atoms. The summed E-state index contributed by atoms with van der Waals surface area (Å²) in [6.07, 6.45) is 44.1. The summed E-state index contributed by atoms with van der Waals surface area (Å²) >= 11 is 0. The van der Waals surface area contributed by atoms with Gasteiger partial charge in [-0.15, -0.1) is 0 Å². The summed E-state index contributed by atoms with van der Waals surface area (Å²) in [6, 6.07) is 0. The molecule has 0 aromatic rings. The molecule has 0 atom stereocenters. The van der Waals surface area contributed by atoms with E-state index >= 15 is 0 Å². The maximum Gasteiger partial charge on any atom is 0.303 e. The largest absolute Gasteiger partial charge is 0.481 e. The zero-order valence-electron chi connectivity index (χ0n) is 32.0. The number of hydrogen-bond acceptors (Lipinski definition) is 2. The number of rotatable bonds is 27. The number of carboxylic acids is 1. The standard InChI is InChI=1S/C23H40O.C20H36O2.CH4/c1-7-8-17-22(3,4)19-20-23(5,6)18-15-13-11-9-10-12-14-16-21(2)24;1-4-5-6-11-14-17-20(2,3)18-15-12-9-7-8-10-13-16-19(21)22;/h8,15,17-20H,7,9-14,16H2,1-6H3;14-15,17-18H,4-13,16H2,1-3H3,(H,21,22);1H4/b17-8-,18-15-,20-19-;17-14-,18-15-;. The average Bonchev–Trinajstić information content (AvgIpc) is 2.97. The van der Waals surface area contributed by atoms with Crippen LogP contribution in [0.2, 0.25) is 0 Å². The molecule has 0 aliphatic rings. The number of carbonyl (C=O) groups is 2. The summed E-state index contributed by atoms with van der Waals surface area (Å²) in [7, 11) is 0. The molecule has 0 aliphatic heterocycles. The average molecular weight is 657 g/mol. The van der Waals surface area contributed by atoms with Crippen molar-refractivity contribution in [2.24, 2.45) is 16.2 Å². The van der Waals surface area contributed by atoms with E-state index in [4.69, 9.17) is 5.11 Å². The van der Waals surface area contributed by atoms with E-state index in [0.29, 0.717) is 12.2 Å². The van der Waals surface area contributed by atoms with Crippen molar-refractivity contribution >= 4 is 11.8 Å². The Hall–Kier alpha value is -2.16. The van der Waals surface area contributed by atoms with E-state index in [2.05, 4.69) is 116 Å². The Balaban J connectivity index is -0.000000810. The van der Waals surface area contributed by atoms with Gasteiger partial charge in [0.25, 0.3) is 0 Å². The van der Waals surface area contributed by atoms with Gasteiger partial charge in [-0.25, -0.2) is 0 Å². The van der Waals surface area contributed by atoms with E-state index in [0.717, 1.165) is 51.4 Å². The van der Waals surface area contributed by atoms with Gasteiger partial charge >= 0.3 is 5.97 Å². The van der Waals surface area contributed by atoms with Crippen LogP contribution in [0.25, 0.3) is 0 Å². The van der Waals surface area contributed by atoms with E-state index in [-0.39, 0.29) is 23.7 Å². The molecule has 3 heteroatoms. The molecule has 0 aromatic heterocycles. The molecule has 3 nitrogen and oxygen atoms in total. The van der Waals surface area contributed by atoms with Gasteiger partial charge in [-0.05, 0) is 64.7 Å². The summed E-state index contributed by atoms with van der Waals surface area (Å²) in [6.45, 7) is 19.6. The highest BCUT2D eigenvalue weighted by atomic mass is 16.4. The summed E-state index contributed by atoms with van der Waals surface area (Å²) in [5, 5.41) is 8.55. The minimum absolute atomic E-state index is 0. The second-order valence-electron chi connectivity index (χ2n) is 15.0. The summed E-state index contributed by atoms with van der Waals surface area (Å²) in [4.78, 5) is 21.2. The maximum atomic E-state index is 10.9. The number of carbonyl (C=O) groups excluding carboxylic acids is 1. The van der Waals surface area contributed by atoms with Crippen LogP contribution >= 0.6 is 0 Å². The number of allylic oxidation sites excluding steroid dienone is 10. The normalized spacial score (nSPS) is 12.8. The van der Waals surface area contributed by atoms with Crippen molar-refractivity contribution in [1.82, 2.24) is 0 Å². The highest BCUT2D eigenvalue weighted by Crippen LogP contribution is 2.26. The molecule has 0 unspecified atom stereocenters. The molecule has 0 bridgehead atoms. The molecule has 0 saturated carbocycles. The van der Waals surface area contributed by atoms with Crippen molar-refractivity contribution in [2.45, 2.75) is 192 Å². The molecule has 0 radical (unpaired) electrons. The number of hydrogen-bond donors (Lipinski definition) is 1. The molecular formula is C44H80O3. The molecule has 0 rings (SSSR count). The first kappa shape index (κ1) is 49.2. The third-order valence-corrected chi connectivity index (χ3v) is 8.00. The van der Waals surface area contributed by atoms with Crippen LogP contribution in [0.1, 0.15) is 192 Å². The van der Waals surface area contributed by atoms with Crippen LogP contribution < -0.4 is 0 Å². The summed E-state index contributed by atoms with van der Waals surface area (Å²) in [5.74, 6) is -0.352. The lowest BCUT2D eigenvalue weighted by Gasteiger charge is -2.20. The molecule has 274 valence electrons. The van der Waals surface area contributed by atoms with E-state index < -0.39 is 5.97 Å². The zero-order chi connectivity index (χ0) is 35.2. The van der Waals surface area contributed by atoms with Crippen molar-refractivity contribution in [3.05, 3.63) is 60.8 Å². The topological polar surface area (TPSA) is 54.4 Å². The molecule has 0 aliphatic carbocycles. The summed E-state index contributed by atoms with van der Waals surface area (Å²) in [5.41, 5.74) is 0.396. The van der Waals surface area contributed by atoms with Crippen LogP contribution in [0, 0.1) is 16.2 Å². The Morgan fingerprint density at radius 3 is 1.21 bits per heavy atom. The third kappa shape index (κ3) is 39.9. The molecule has 0 fully saturated rings. The lowest BCUT2D eigenvalue weighted by molar-refractivity contribution is -0.137. The number of aliphatic carboxylic acids is 1. The van der Waals surface area contributed by atoms with Crippen LogP contribution in [0.5, 0.6) is 0 Å². The number of carboxylic acid groups (broad SMARTS) is 1. The fourth-order valence-corrected chi connectivity index (χ4v) is 4.93. The van der Waals surface area contributed by atoms with Crippen molar-refractivity contribution in [2.75, 3.05) is 0 Å². The fraction of sp³-hybridized carbons (Fsp3) is 0.727. The Labute approximate surface area is 294 Å². The molecule has 1 N–H and O–H groups in total. The van der Waals surface area contributed by atoms with Crippen LogP contribution in [-0.4, -0.2) is 16.9 Å². The van der Waals surface area contributed by atoms with E-state index in [1.807, 2.05) is 0 Å². The van der Waals surface area contributed by atoms with Gasteiger partial charge in [0.2, 0.25) is 0 Å². The van der Waals surface area contributed by atoms with E-state index in [1.165, 1.54) is 64.2 Å². The van der Waals surface area contributed by atoms with Crippen LogP contribution in [-0.2, 0) is 9.59 Å². The number of ketones is 1. The van der Waals surface area contributed by atoms with Crippen LogP contribution in [0.4, 0.5) is 0 Å². The van der Waals surface area contributed by atoms with Crippen molar-refractivity contribution in [1.29, 1.82) is 0 Å². The molecule has 0 heterocycles. The predicted octanol–water partition coefficient (Wildman–Crippen LogP) is 14.6. The zero-order valence-corrected chi connectivity index (χ0v) is 32.0. The first-order valence-corrected chi connectivity index (χ1v) is 18.8. The monoisotopic (exact) mass is 657 g/mol. The maximum absolute atomic E-state index is 10.9. The summed E-state index contributed by atoms with van der Waals surface area (Å²) < 4.78 is 0. The fourth-order valence-electron chi connectivity index (χ4n) is 4.93. The van der Waals surface area contributed by atoms with E-state index in [1.54, 1.807) is 6.92 Å². The molecular weight excluding hydrogens is 576 g/mol. The Morgan fingerprint density at radius 2 is 0.830 bits per heavy atom.